The van der Waals surface area contributed by atoms with Gasteiger partial charge < -0.3 is 4.90 Å². The van der Waals surface area contributed by atoms with Crippen LogP contribution in [0.15, 0.2) is 23.8 Å². The van der Waals surface area contributed by atoms with E-state index in [1.54, 1.807) is 0 Å². The van der Waals surface area contributed by atoms with Gasteiger partial charge in [0, 0.05) is 6.54 Å². The Morgan fingerprint density at radius 1 is 1.50 bits per heavy atom. The Kier molecular flexibility index (Phi) is 4.95. The molecule has 0 saturated carbocycles. The highest BCUT2D eigenvalue weighted by Crippen LogP contribution is 2.17. The molecular formula is C13H23N. The second kappa shape index (κ2) is 6.02. The molecule has 0 aliphatic heterocycles. The molecule has 1 aliphatic rings. The van der Waals surface area contributed by atoms with Crippen LogP contribution in [0.4, 0.5) is 0 Å². The molecule has 1 atom stereocenters. The molecule has 0 fully saturated rings. The Hall–Kier alpha value is -0.560. The van der Waals surface area contributed by atoms with Crippen molar-refractivity contribution in [3.63, 3.8) is 0 Å². The first-order valence-electron chi connectivity index (χ1n) is 5.76. The minimum Gasteiger partial charge on any atom is -0.306 e. The molecule has 0 aromatic heterocycles. The van der Waals surface area contributed by atoms with Crippen molar-refractivity contribution in [3.05, 3.63) is 23.8 Å². The lowest BCUT2D eigenvalue weighted by Gasteiger charge is -2.22. The zero-order valence-electron chi connectivity index (χ0n) is 9.79. The summed E-state index contributed by atoms with van der Waals surface area (Å²) < 4.78 is 0. The highest BCUT2D eigenvalue weighted by atomic mass is 15.1. The van der Waals surface area contributed by atoms with Crippen LogP contribution in [-0.4, -0.2) is 25.0 Å². The van der Waals surface area contributed by atoms with Crippen LogP contribution >= 0.6 is 0 Å². The van der Waals surface area contributed by atoms with E-state index in [0.717, 1.165) is 5.92 Å². The third kappa shape index (κ3) is 4.10. The summed E-state index contributed by atoms with van der Waals surface area (Å²) in [5, 5.41) is 0. The third-order valence-corrected chi connectivity index (χ3v) is 2.76. The van der Waals surface area contributed by atoms with E-state index in [-0.39, 0.29) is 0 Å². The van der Waals surface area contributed by atoms with Crippen molar-refractivity contribution in [2.45, 2.75) is 33.1 Å². The van der Waals surface area contributed by atoms with Gasteiger partial charge in [-0.3, -0.25) is 0 Å². The van der Waals surface area contributed by atoms with Crippen molar-refractivity contribution < 1.29 is 0 Å². The molecule has 0 aromatic carbocycles. The highest BCUT2D eigenvalue weighted by molar-refractivity contribution is 5.21. The summed E-state index contributed by atoms with van der Waals surface area (Å²) in [6.07, 6.45) is 10.8. The van der Waals surface area contributed by atoms with Crippen molar-refractivity contribution >= 4 is 0 Å². The van der Waals surface area contributed by atoms with Gasteiger partial charge in [0.15, 0.2) is 0 Å². The van der Waals surface area contributed by atoms with Crippen molar-refractivity contribution in [1.29, 1.82) is 0 Å². The zero-order chi connectivity index (χ0) is 10.4. The third-order valence-electron chi connectivity index (χ3n) is 2.76. The normalized spacial score (nSPS) is 21.4. The first-order chi connectivity index (χ1) is 6.72. The van der Waals surface area contributed by atoms with Gasteiger partial charge in [0.05, 0.1) is 0 Å². The maximum atomic E-state index is 2.46. The Bertz CT molecular complexity index is 215. The van der Waals surface area contributed by atoms with Crippen molar-refractivity contribution in [2.75, 3.05) is 20.1 Å². The molecule has 0 spiro atoms. The molecule has 1 nitrogen and oxygen atoms in total. The molecule has 1 rings (SSSR count). The molecule has 0 bridgehead atoms. The SMILES string of the molecule is CCCCN(C)CC1C=C(C)C=CC1. The lowest BCUT2D eigenvalue weighted by Crippen LogP contribution is -2.26. The number of hydrogen-bond acceptors (Lipinski definition) is 1. The summed E-state index contributed by atoms with van der Waals surface area (Å²) in [4.78, 5) is 2.46. The van der Waals surface area contributed by atoms with E-state index in [9.17, 15) is 0 Å². The van der Waals surface area contributed by atoms with E-state index in [1.165, 1.54) is 37.9 Å². The smallest absolute Gasteiger partial charge is 0.00445 e. The van der Waals surface area contributed by atoms with E-state index in [1.807, 2.05) is 0 Å². The zero-order valence-corrected chi connectivity index (χ0v) is 9.79. The predicted octanol–water partition coefficient (Wildman–Crippen LogP) is 3.24. The molecule has 0 N–H and O–H groups in total. The maximum Gasteiger partial charge on any atom is 0.00445 e. The Morgan fingerprint density at radius 3 is 2.93 bits per heavy atom. The minimum atomic E-state index is 0.738. The van der Waals surface area contributed by atoms with Crippen LogP contribution in [0.5, 0.6) is 0 Å². The summed E-state index contributed by atoms with van der Waals surface area (Å²) in [6, 6.07) is 0. The van der Waals surface area contributed by atoms with Crippen LogP contribution in [0.25, 0.3) is 0 Å². The molecule has 0 heterocycles. The van der Waals surface area contributed by atoms with Gasteiger partial charge in [0.2, 0.25) is 0 Å². The fourth-order valence-corrected chi connectivity index (χ4v) is 1.97. The van der Waals surface area contributed by atoms with E-state index in [2.05, 4.69) is 44.0 Å². The van der Waals surface area contributed by atoms with E-state index in [0.29, 0.717) is 0 Å². The van der Waals surface area contributed by atoms with Gasteiger partial charge in [-0.1, -0.05) is 37.1 Å². The first-order valence-corrected chi connectivity index (χ1v) is 5.76. The van der Waals surface area contributed by atoms with Crippen molar-refractivity contribution in [1.82, 2.24) is 4.90 Å². The fraction of sp³-hybridized carbons (Fsp3) is 0.692. The molecule has 1 unspecified atom stereocenters. The number of hydrogen-bond donors (Lipinski definition) is 0. The molecule has 1 aliphatic carbocycles. The number of allylic oxidation sites excluding steroid dienone is 3. The number of nitrogens with zero attached hydrogens (tertiary/aromatic N) is 1. The van der Waals surface area contributed by atoms with Crippen LogP contribution in [0, 0.1) is 5.92 Å². The van der Waals surface area contributed by atoms with Crippen molar-refractivity contribution in [2.24, 2.45) is 5.92 Å². The summed E-state index contributed by atoms with van der Waals surface area (Å²) in [5.41, 5.74) is 1.42. The monoisotopic (exact) mass is 193 g/mol. The summed E-state index contributed by atoms with van der Waals surface area (Å²) >= 11 is 0. The number of rotatable bonds is 5. The lowest BCUT2D eigenvalue weighted by atomic mass is 9.96. The average Bonchev–Trinajstić information content (AvgIpc) is 2.15. The lowest BCUT2D eigenvalue weighted by molar-refractivity contribution is 0.295. The predicted molar refractivity (Wildman–Crippen MR) is 63.4 cm³/mol. The molecule has 0 aromatic rings. The van der Waals surface area contributed by atoms with Gasteiger partial charge in [0.25, 0.3) is 0 Å². The quantitative estimate of drug-likeness (QED) is 0.648. The summed E-state index contributed by atoms with van der Waals surface area (Å²) in [5.74, 6) is 0.738. The largest absolute Gasteiger partial charge is 0.306 e. The molecule has 80 valence electrons. The Balaban J connectivity index is 2.27. The summed E-state index contributed by atoms with van der Waals surface area (Å²) in [6.45, 7) is 6.89. The highest BCUT2D eigenvalue weighted by Gasteiger charge is 2.09. The van der Waals surface area contributed by atoms with Crippen LogP contribution in [0.3, 0.4) is 0 Å². The van der Waals surface area contributed by atoms with Crippen LogP contribution in [-0.2, 0) is 0 Å². The van der Waals surface area contributed by atoms with E-state index in [4.69, 9.17) is 0 Å². The van der Waals surface area contributed by atoms with Gasteiger partial charge in [-0.15, -0.1) is 0 Å². The Labute approximate surface area is 88.5 Å². The van der Waals surface area contributed by atoms with Crippen LogP contribution in [0.2, 0.25) is 0 Å². The van der Waals surface area contributed by atoms with Gasteiger partial charge in [-0.25, -0.2) is 0 Å². The fourth-order valence-electron chi connectivity index (χ4n) is 1.97. The van der Waals surface area contributed by atoms with Gasteiger partial charge in [0.1, 0.15) is 0 Å². The number of unbranched alkanes of at least 4 members (excludes halogenated alkanes) is 1. The maximum absolute atomic E-state index is 2.46. The van der Waals surface area contributed by atoms with E-state index < -0.39 is 0 Å². The van der Waals surface area contributed by atoms with Gasteiger partial charge in [-0.05, 0) is 39.3 Å². The Morgan fingerprint density at radius 2 is 2.29 bits per heavy atom. The molecule has 0 saturated heterocycles. The van der Waals surface area contributed by atoms with Gasteiger partial charge >= 0.3 is 0 Å². The molecular weight excluding hydrogens is 170 g/mol. The topological polar surface area (TPSA) is 3.24 Å². The average molecular weight is 193 g/mol. The molecule has 0 amide bonds. The minimum absolute atomic E-state index is 0.738. The standard InChI is InChI=1S/C13H23N/c1-4-5-9-14(3)11-13-8-6-7-12(2)10-13/h6-7,10,13H,4-5,8-9,11H2,1-3H3. The summed E-state index contributed by atoms with van der Waals surface area (Å²) in [7, 11) is 2.23. The molecule has 0 radical (unpaired) electrons. The van der Waals surface area contributed by atoms with Crippen LogP contribution in [0.1, 0.15) is 33.1 Å². The molecule has 1 heteroatoms. The van der Waals surface area contributed by atoms with E-state index >= 15 is 0 Å². The van der Waals surface area contributed by atoms with Gasteiger partial charge in [-0.2, -0.15) is 0 Å². The molecule has 14 heavy (non-hydrogen) atoms. The van der Waals surface area contributed by atoms with Crippen molar-refractivity contribution in [3.8, 4) is 0 Å². The second-order valence-electron chi connectivity index (χ2n) is 4.42. The van der Waals surface area contributed by atoms with Crippen LogP contribution < -0.4 is 0 Å². The second-order valence-corrected chi connectivity index (χ2v) is 4.42. The first kappa shape index (κ1) is 11.5.